The number of aromatic nitrogens is 2. The zero-order chi connectivity index (χ0) is 14.7. The molecule has 0 saturated heterocycles. The van der Waals surface area contributed by atoms with Crippen molar-refractivity contribution in [2.24, 2.45) is 0 Å². The van der Waals surface area contributed by atoms with E-state index in [0.717, 1.165) is 16.9 Å². The molecule has 3 nitrogen and oxygen atoms in total. The molecule has 0 fully saturated rings. The smallest absolute Gasteiger partial charge is 0.0652 e. The minimum atomic E-state index is 0.621. The molecule has 1 N–H and O–H groups in total. The van der Waals surface area contributed by atoms with Crippen LogP contribution in [0.25, 0.3) is 5.69 Å². The van der Waals surface area contributed by atoms with Crippen molar-refractivity contribution < 1.29 is 0 Å². The van der Waals surface area contributed by atoms with Gasteiger partial charge in [-0.3, -0.25) is 0 Å². The van der Waals surface area contributed by atoms with Crippen LogP contribution in [0.2, 0.25) is 10.0 Å². The number of benzene rings is 2. The SMILES string of the molecule is Clc1ccc(NCc2ccc(-n3cccn3)cc2)c(Cl)c1. The standard InChI is InChI=1S/C16H13Cl2N3/c17-13-4-7-16(15(18)10-13)19-11-12-2-5-14(6-3-12)21-9-1-8-20-21/h1-10,19H,11H2. The highest BCUT2D eigenvalue weighted by Crippen LogP contribution is 2.25. The maximum atomic E-state index is 6.13. The zero-order valence-electron chi connectivity index (χ0n) is 11.1. The molecule has 0 aliphatic carbocycles. The van der Waals surface area contributed by atoms with Crippen LogP contribution in [0, 0.1) is 0 Å². The molecule has 0 aliphatic rings. The summed E-state index contributed by atoms with van der Waals surface area (Å²) in [4.78, 5) is 0. The van der Waals surface area contributed by atoms with Crippen LogP contribution in [0.4, 0.5) is 5.69 Å². The van der Waals surface area contributed by atoms with Crippen LogP contribution in [0.3, 0.4) is 0 Å². The van der Waals surface area contributed by atoms with E-state index in [-0.39, 0.29) is 0 Å². The Hall–Kier alpha value is -1.97. The van der Waals surface area contributed by atoms with Crippen LogP contribution < -0.4 is 5.32 Å². The Morgan fingerprint density at radius 2 is 1.86 bits per heavy atom. The summed E-state index contributed by atoms with van der Waals surface area (Å²) in [6, 6.07) is 15.5. The summed E-state index contributed by atoms with van der Waals surface area (Å²) >= 11 is 12.0. The molecule has 1 heterocycles. The molecule has 5 heteroatoms. The number of nitrogens with zero attached hydrogens (tertiary/aromatic N) is 2. The summed E-state index contributed by atoms with van der Waals surface area (Å²) in [6.45, 7) is 0.695. The lowest BCUT2D eigenvalue weighted by atomic mass is 10.2. The first-order chi connectivity index (χ1) is 10.2. The van der Waals surface area contributed by atoms with E-state index in [0.29, 0.717) is 16.6 Å². The fourth-order valence-electron chi connectivity index (χ4n) is 2.02. The summed E-state index contributed by atoms with van der Waals surface area (Å²) in [5.41, 5.74) is 3.07. The average molecular weight is 318 g/mol. The minimum absolute atomic E-state index is 0.621. The highest BCUT2D eigenvalue weighted by molar-refractivity contribution is 6.36. The van der Waals surface area contributed by atoms with Crippen LogP contribution in [0.15, 0.2) is 60.9 Å². The van der Waals surface area contributed by atoms with Crippen LogP contribution in [0.1, 0.15) is 5.56 Å². The molecule has 2 aromatic carbocycles. The maximum absolute atomic E-state index is 6.13. The van der Waals surface area contributed by atoms with E-state index in [9.17, 15) is 0 Å². The number of hydrogen-bond donors (Lipinski definition) is 1. The van der Waals surface area contributed by atoms with Crippen molar-refractivity contribution in [3.05, 3.63) is 76.5 Å². The molecule has 0 saturated carbocycles. The predicted octanol–water partition coefficient (Wildman–Crippen LogP) is 4.79. The lowest BCUT2D eigenvalue weighted by molar-refractivity contribution is 0.879. The van der Waals surface area contributed by atoms with Gasteiger partial charge in [0.05, 0.1) is 16.4 Å². The second-order valence-electron chi connectivity index (χ2n) is 4.59. The first-order valence-corrected chi connectivity index (χ1v) is 7.26. The Kier molecular flexibility index (Phi) is 4.13. The monoisotopic (exact) mass is 317 g/mol. The third-order valence-electron chi connectivity index (χ3n) is 3.12. The number of rotatable bonds is 4. The van der Waals surface area contributed by atoms with E-state index in [1.54, 1.807) is 12.3 Å². The van der Waals surface area contributed by atoms with Gasteiger partial charge in [-0.15, -0.1) is 0 Å². The molecule has 0 atom stereocenters. The van der Waals surface area contributed by atoms with Crippen molar-refractivity contribution in [3.63, 3.8) is 0 Å². The largest absolute Gasteiger partial charge is 0.380 e. The van der Waals surface area contributed by atoms with Crippen molar-refractivity contribution in [2.75, 3.05) is 5.32 Å². The quantitative estimate of drug-likeness (QED) is 0.749. The molecule has 0 bridgehead atoms. The van der Waals surface area contributed by atoms with Crippen molar-refractivity contribution in [1.29, 1.82) is 0 Å². The van der Waals surface area contributed by atoms with Gasteiger partial charge in [-0.1, -0.05) is 35.3 Å². The summed E-state index contributed by atoms with van der Waals surface area (Å²) in [6.07, 6.45) is 3.68. The molecule has 3 aromatic rings. The number of hydrogen-bond acceptors (Lipinski definition) is 2. The second kappa shape index (κ2) is 6.20. The van der Waals surface area contributed by atoms with Crippen LogP contribution in [0.5, 0.6) is 0 Å². The van der Waals surface area contributed by atoms with Gasteiger partial charge in [0.2, 0.25) is 0 Å². The predicted molar refractivity (Wildman–Crippen MR) is 87.4 cm³/mol. The number of anilines is 1. The lowest BCUT2D eigenvalue weighted by Gasteiger charge is -2.09. The fraction of sp³-hybridized carbons (Fsp3) is 0.0625. The van der Waals surface area contributed by atoms with Gasteiger partial charge in [-0.25, -0.2) is 4.68 Å². The number of halogens is 2. The Balaban J connectivity index is 1.68. The summed E-state index contributed by atoms with van der Waals surface area (Å²) in [5, 5.41) is 8.75. The topological polar surface area (TPSA) is 29.9 Å². The van der Waals surface area contributed by atoms with Crippen molar-refractivity contribution in [3.8, 4) is 5.69 Å². The van der Waals surface area contributed by atoms with Gasteiger partial charge in [0.15, 0.2) is 0 Å². The van der Waals surface area contributed by atoms with Gasteiger partial charge >= 0.3 is 0 Å². The molecule has 21 heavy (non-hydrogen) atoms. The van der Waals surface area contributed by atoms with Gasteiger partial charge in [-0.2, -0.15) is 5.10 Å². The second-order valence-corrected chi connectivity index (χ2v) is 5.44. The Morgan fingerprint density at radius 3 is 2.52 bits per heavy atom. The highest BCUT2D eigenvalue weighted by Gasteiger charge is 2.01. The fourth-order valence-corrected chi connectivity index (χ4v) is 2.49. The van der Waals surface area contributed by atoms with Gasteiger partial charge in [0.25, 0.3) is 0 Å². The average Bonchev–Trinajstić information content (AvgIpc) is 3.01. The highest BCUT2D eigenvalue weighted by atomic mass is 35.5. The molecular formula is C16H13Cl2N3. The van der Waals surface area contributed by atoms with E-state index in [1.165, 1.54) is 0 Å². The summed E-state index contributed by atoms with van der Waals surface area (Å²) in [7, 11) is 0. The molecule has 0 unspecified atom stereocenters. The maximum Gasteiger partial charge on any atom is 0.0652 e. The van der Waals surface area contributed by atoms with E-state index < -0.39 is 0 Å². The molecule has 0 radical (unpaired) electrons. The molecule has 106 valence electrons. The Morgan fingerprint density at radius 1 is 1.05 bits per heavy atom. The van der Waals surface area contributed by atoms with Crippen molar-refractivity contribution in [2.45, 2.75) is 6.54 Å². The third kappa shape index (κ3) is 3.38. The van der Waals surface area contributed by atoms with E-state index >= 15 is 0 Å². The molecule has 0 aliphatic heterocycles. The first-order valence-electron chi connectivity index (χ1n) is 6.50. The van der Waals surface area contributed by atoms with Crippen LogP contribution in [-0.2, 0) is 6.54 Å². The Bertz CT molecular complexity index is 722. The molecular weight excluding hydrogens is 305 g/mol. The summed E-state index contributed by atoms with van der Waals surface area (Å²) in [5.74, 6) is 0. The molecule has 1 aromatic heterocycles. The summed E-state index contributed by atoms with van der Waals surface area (Å²) < 4.78 is 1.83. The van der Waals surface area contributed by atoms with Crippen LogP contribution >= 0.6 is 23.2 Å². The Labute approximate surface area is 133 Å². The number of nitrogens with one attached hydrogen (secondary N) is 1. The van der Waals surface area contributed by atoms with E-state index in [1.807, 2.05) is 41.2 Å². The third-order valence-corrected chi connectivity index (χ3v) is 3.67. The normalized spacial score (nSPS) is 10.6. The van der Waals surface area contributed by atoms with E-state index in [2.05, 4.69) is 22.5 Å². The van der Waals surface area contributed by atoms with Crippen molar-refractivity contribution in [1.82, 2.24) is 9.78 Å². The first kappa shape index (κ1) is 14.0. The van der Waals surface area contributed by atoms with Gasteiger partial charge in [0.1, 0.15) is 0 Å². The van der Waals surface area contributed by atoms with Gasteiger partial charge < -0.3 is 5.32 Å². The zero-order valence-corrected chi connectivity index (χ0v) is 12.6. The van der Waals surface area contributed by atoms with E-state index in [4.69, 9.17) is 23.2 Å². The molecule has 3 rings (SSSR count). The minimum Gasteiger partial charge on any atom is -0.380 e. The molecule has 0 amide bonds. The van der Waals surface area contributed by atoms with Gasteiger partial charge in [0, 0.05) is 24.0 Å². The van der Waals surface area contributed by atoms with Crippen LogP contribution in [-0.4, -0.2) is 9.78 Å². The van der Waals surface area contributed by atoms with Crippen molar-refractivity contribution >= 4 is 28.9 Å². The van der Waals surface area contributed by atoms with Gasteiger partial charge in [-0.05, 0) is 42.0 Å². The lowest BCUT2D eigenvalue weighted by Crippen LogP contribution is -2.01. The molecule has 0 spiro atoms.